The number of esters is 2. The van der Waals surface area contributed by atoms with Gasteiger partial charge in [0, 0.05) is 12.8 Å². The summed E-state index contributed by atoms with van der Waals surface area (Å²) in [6.45, 7) is 8.14. The highest BCUT2D eigenvalue weighted by molar-refractivity contribution is 5.72. The Hall–Kier alpha value is -1.32. The molecule has 0 unspecified atom stereocenters. The van der Waals surface area contributed by atoms with E-state index in [1.54, 1.807) is 0 Å². The van der Waals surface area contributed by atoms with Crippen LogP contribution in [0, 0.1) is 0 Å². The lowest BCUT2D eigenvalue weighted by Crippen LogP contribution is -2.10. The molecular formula is C38H72O4. The molecule has 0 bridgehead atoms. The smallest absolute Gasteiger partial charge is 0.313 e. The fourth-order valence-electron chi connectivity index (χ4n) is 5.66. The van der Waals surface area contributed by atoms with E-state index in [1.165, 1.54) is 167 Å². The van der Waals surface area contributed by atoms with E-state index in [-0.39, 0.29) is 17.9 Å². The van der Waals surface area contributed by atoms with E-state index in [1.807, 2.05) is 0 Å². The molecule has 4 heteroatoms. The first-order valence-electron chi connectivity index (χ1n) is 18.7. The van der Waals surface area contributed by atoms with E-state index in [4.69, 9.17) is 9.47 Å². The average molecular weight is 593 g/mol. The second kappa shape index (κ2) is 34.2. The number of ether oxygens (including phenoxy) is 2. The first-order chi connectivity index (χ1) is 20.6. The molecule has 0 fully saturated rings. The predicted octanol–water partition coefficient (Wildman–Crippen LogP) is 13.1. The van der Waals surface area contributed by atoms with Crippen molar-refractivity contribution in [3.05, 3.63) is 12.5 Å². The third-order valence-electron chi connectivity index (χ3n) is 8.42. The normalized spacial score (nSPS) is 11.1. The molecule has 0 aliphatic rings. The first-order valence-corrected chi connectivity index (χ1v) is 18.7. The van der Waals surface area contributed by atoms with Gasteiger partial charge in [0.1, 0.15) is 0 Å². The van der Waals surface area contributed by atoms with Gasteiger partial charge in [0.25, 0.3) is 5.95 Å². The summed E-state index contributed by atoms with van der Waals surface area (Å²) >= 11 is 0. The van der Waals surface area contributed by atoms with Gasteiger partial charge in [-0.2, -0.15) is 0 Å². The van der Waals surface area contributed by atoms with Crippen LogP contribution in [-0.4, -0.2) is 11.9 Å². The van der Waals surface area contributed by atoms with Crippen molar-refractivity contribution in [1.29, 1.82) is 0 Å². The maximum atomic E-state index is 12.0. The summed E-state index contributed by atoms with van der Waals surface area (Å²) in [5, 5.41) is 0. The molecule has 0 aromatic heterocycles. The minimum Gasteiger partial charge on any atom is -0.393 e. The summed E-state index contributed by atoms with van der Waals surface area (Å²) in [5.41, 5.74) is 0. The molecule has 0 saturated carbocycles. The summed E-state index contributed by atoms with van der Waals surface area (Å²) < 4.78 is 10.2. The second-order valence-electron chi connectivity index (χ2n) is 12.7. The van der Waals surface area contributed by atoms with Crippen molar-refractivity contribution in [2.45, 2.75) is 219 Å². The zero-order valence-corrected chi connectivity index (χ0v) is 28.5. The van der Waals surface area contributed by atoms with Crippen molar-refractivity contribution in [3.63, 3.8) is 0 Å². The molecular weight excluding hydrogens is 520 g/mol. The van der Waals surface area contributed by atoms with Crippen molar-refractivity contribution >= 4 is 11.9 Å². The van der Waals surface area contributed by atoms with Crippen LogP contribution in [0.2, 0.25) is 0 Å². The molecule has 0 aliphatic carbocycles. The Morgan fingerprint density at radius 1 is 0.357 bits per heavy atom. The first kappa shape index (κ1) is 40.7. The van der Waals surface area contributed by atoms with Gasteiger partial charge < -0.3 is 9.47 Å². The van der Waals surface area contributed by atoms with Crippen molar-refractivity contribution in [3.8, 4) is 0 Å². The zero-order valence-electron chi connectivity index (χ0n) is 28.5. The monoisotopic (exact) mass is 593 g/mol. The summed E-state index contributed by atoms with van der Waals surface area (Å²) in [4.78, 5) is 24.0. The largest absolute Gasteiger partial charge is 0.393 e. The van der Waals surface area contributed by atoms with Gasteiger partial charge in [0.15, 0.2) is 0 Å². The highest BCUT2D eigenvalue weighted by Gasteiger charge is 2.11. The number of rotatable bonds is 34. The fourth-order valence-corrected chi connectivity index (χ4v) is 5.66. The van der Waals surface area contributed by atoms with Crippen LogP contribution in [0.15, 0.2) is 12.5 Å². The molecule has 0 heterocycles. The van der Waals surface area contributed by atoms with E-state index in [0.29, 0.717) is 12.8 Å². The quantitative estimate of drug-likeness (QED) is 0.0423. The zero-order chi connectivity index (χ0) is 30.8. The van der Waals surface area contributed by atoms with Crippen LogP contribution in [0.5, 0.6) is 0 Å². The van der Waals surface area contributed by atoms with Crippen molar-refractivity contribution < 1.29 is 19.1 Å². The van der Waals surface area contributed by atoms with E-state index < -0.39 is 0 Å². The third kappa shape index (κ3) is 33.2. The van der Waals surface area contributed by atoms with Crippen LogP contribution in [0.4, 0.5) is 0 Å². The van der Waals surface area contributed by atoms with Crippen LogP contribution in [-0.2, 0) is 19.1 Å². The van der Waals surface area contributed by atoms with E-state index in [9.17, 15) is 9.59 Å². The van der Waals surface area contributed by atoms with Crippen LogP contribution in [0.1, 0.15) is 219 Å². The lowest BCUT2D eigenvalue weighted by Gasteiger charge is -2.08. The molecule has 0 rings (SSSR count). The highest BCUT2D eigenvalue weighted by Crippen LogP contribution is 2.16. The van der Waals surface area contributed by atoms with Crippen molar-refractivity contribution in [2.24, 2.45) is 0 Å². The fraction of sp³-hybridized carbons (Fsp3) is 0.895. The number of hydrogen-bond donors (Lipinski definition) is 0. The molecule has 42 heavy (non-hydrogen) atoms. The lowest BCUT2D eigenvalue weighted by molar-refractivity contribution is -0.153. The minimum atomic E-state index is -0.352. The standard InChI is InChI=1S/C38H72O4/c1-4-6-8-10-12-14-16-18-20-22-24-26-28-30-32-34-37(39)41-36(3)42-38(40)35-33-31-29-27-25-23-21-19-17-15-13-11-9-7-5-2/h3-35H2,1-2H3. The number of hydrogen-bond acceptors (Lipinski definition) is 4. The molecule has 0 N–H and O–H groups in total. The molecule has 0 aliphatic heterocycles. The van der Waals surface area contributed by atoms with Gasteiger partial charge in [-0.05, 0) is 19.4 Å². The summed E-state index contributed by atoms with van der Waals surface area (Å²) in [7, 11) is 0. The Bertz CT molecular complexity index is 550. The molecule has 0 atom stereocenters. The molecule has 0 amide bonds. The summed E-state index contributed by atoms with van der Waals surface area (Å²) in [5.74, 6) is -0.879. The van der Waals surface area contributed by atoms with E-state index in [0.717, 1.165) is 25.7 Å². The van der Waals surface area contributed by atoms with Crippen molar-refractivity contribution in [1.82, 2.24) is 0 Å². The Labute approximate surface area is 262 Å². The Morgan fingerprint density at radius 2 is 0.548 bits per heavy atom. The predicted molar refractivity (Wildman–Crippen MR) is 180 cm³/mol. The maximum absolute atomic E-state index is 12.0. The van der Waals surface area contributed by atoms with Gasteiger partial charge in [-0.3, -0.25) is 9.59 Å². The van der Waals surface area contributed by atoms with Gasteiger partial charge in [-0.15, -0.1) is 0 Å². The van der Waals surface area contributed by atoms with Gasteiger partial charge in [-0.25, -0.2) is 0 Å². The van der Waals surface area contributed by atoms with Crippen LogP contribution >= 0.6 is 0 Å². The summed E-state index contributed by atoms with van der Waals surface area (Å²) in [6, 6.07) is 0. The molecule has 4 nitrogen and oxygen atoms in total. The van der Waals surface area contributed by atoms with E-state index >= 15 is 0 Å². The van der Waals surface area contributed by atoms with Gasteiger partial charge in [-0.1, -0.05) is 194 Å². The molecule has 0 spiro atoms. The molecule has 0 aromatic carbocycles. The number of carbonyl (C=O) groups is 2. The Kier molecular flexibility index (Phi) is 33.1. The topological polar surface area (TPSA) is 52.6 Å². The number of carbonyl (C=O) groups excluding carboxylic acids is 2. The van der Waals surface area contributed by atoms with Gasteiger partial charge >= 0.3 is 11.9 Å². The Balaban J connectivity index is 3.40. The number of unbranched alkanes of at least 4 members (excludes halogenated alkanes) is 28. The maximum Gasteiger partial charge on any atom is 0.313 e. The summed E-state index contributed by atoms with van der Waals surface area (Å²) in [6.07, 6.45) is 39.6. The van der Waals surface area contributed by atoms with Crippen LogP contribution in [0.3, 0.4) is 0 Å². The molecule has 0 aromatic rings. The second-order valence-corrected chi connectivity index (χ2v) is 12.7. The van der Waals surface area contributed by atoms with Gasteiger partial charge in [0.05, 0.1) is 0 Å². The SMILES string of the molecule is C=C(OC(=O)CCCCCCCCCCCCCCCCC)OC(=O)CCCCCCCCCCCCCCCCC. The minimum absolute atomic E-state index is 0.174. The molecule has 248 valence electrons. The lowest BCUT2D eigenvalue weighted by atomic mass is 10.0. The molecule has 0 saturated heterocycles. The Morgan fingerprint density at radius 3 is 0.762 bits per heavy atom. The third-order valence-corrected chi connectivity index (χ3v) is 8.42. The average Bonchev–Trinajstić information content (AvgIpc) is 2.97. The highest BCUT2D eigenvalue weighted by atomic mass is 16.7. The van der Waals surface area contributed by atoms with Crippen LogP contribution < -0.4 is 0 Å². The van der Waals surface area contributed by atoms with Gasteiger partial charge in [0.2, 0.25) is 0 Å². The molecule has 0 radical (unpaired) electrons. The van der Waals surface area contributed by atoms with E-state index in [2.05, 4.69) is 20.4 Å². The van der Waals surface area contributed by atoms with Crippen LogP contribution in [0.25, 0.3) is 0 Å². The van der Waals surface area contributed by atoms with Crippen molar-refractivity contribution in [2.75, 3.05) is 0 Å².